The molecule has 0 bridgehead atoms. The van der Waals surface area contributed by atoms with Crippen molar-refractivity contribution in [3.05, 3.63) is 59.9 Å². The summed E-state index contributed by atoms with van der Waals surface area (Å²) in [5.41, 5.74) is 0.624. The number of carbonyl (C=O) groups is 2. The van der Waals surface area contributed by atoms with Gasteiger partial charge in [-0.05, 0) is 18.2 Å². The molecule has 80 valence electrons. The molecule has 0 radical (unpaired) electrons. The van der Waals surface area contributed by atoms with Crippen LogP contribution in [0, 0.1) is 0 Å². The first kappa shape index (κ1) is 10.2. The van der Waals surface area contributed by atoms with E-state index in [2.05, 4.69) is 0 Å². The highest BCUT2D eigenvalue weighted by Crippen LogP contribution is 2.06. The van der Waals surface area contributed by atoms with E-state index in [0.29, 0.717) is 5.56 Å². The largest absolute Gasteiger partial charge is 0.478 e. The zero-order valence-electron chi connectivity index (χ0n) is 8.33. The van der Waals surface area contributed by atoms with E-state index in [9.17, 15) is 9.59 Å². The van der Waals surface area contributed by atoms with Gasteiger partial charge in [0, 0.05) is 18.0 Å². The Kier molecular flexibility index (Phi) is 2.55. The predicted octanol–water partition coefficient (Wildman–Crippen LogP) is 1.87. The first-order chi connectivity index (χ1) is 7.68. The van der Waals surface area contributed by atoms with Gasteiger partial charge in [-0.3, -0.25) is 9.36 Å². The molecule has 16 heavy (non-hydrogen) atoms. The van der Waals surface area contributed by atoms with Gasteiger partial charge in [-0.2, -0.15) is 0 Å². The molecule has 1 N–H and O–H groups in total. The molecule has 1 heterocycles. The molecular formula is C12H9NO3. The number of carboxylic acids is 1. The van der Waals surface area contributed by atoms with Gasteiger partial charge in [0.15, 0.2) is 0 Å². The molecule has 0 aliphatic heterocycles. The molecule has 1 aromatic carbocycles. The highest BCUT2D eigenvalue weighted by Gasteiger charge is 2.10. The van der Waals surface area contributed by atoms with E-state index < -0.39 is 5.97 Å². The van der Waals surface area contributed by atoms with Crippen LogP contribution in [-0.4, -0.2) is 21.6 Å². The maximum atomic E-state index is 11.9. The van der Waals surface area contributed by atoms with Crippen LogP contribution in [0.5, 0.6) is 0 Å². The van der Waals surface area contributed by atoms with Crippen LogP contribution in [0.15, 0.2) is 48.8 Å². The molecule has 2 rings (SSSR count). The number of carbonyl (C=O) groups excluding carboxylic acids is 1. The van der Waals surface area contributed by atoms with Crippen molar-refractivity contribution in [1.82, 2.24) is 4.57 Å². The van der Waals surface area contributed by atoms with E-state index in [4.69, 9.17) is 5.11 Å². The monoisotopic (exact) mass is 215 g/mol. The van der Waals surface area contributed by atoms with Crippen molar-refractivity contribution in [2.45, 2.75) is 0 Å². The van der Waals surface area contributed by atoms with Crippen molar-refractivity contribution in [3.63, 3.8) is 0 Å². The summed E-state index contributed by atoms with van der Waals surface area (Å²) in [5.74, 6) is -1.28. The molecular weight excluding hydrogens is 206 g/mol. The summed E-state index contributed by atoms with van der Waals surface area (Å²) >= 11 is 0. The number of rotatable bonds is 2. The Hall–Kier alpha value is -2.36. The smallest absolute Gasteiger partial charge is 0.337 e. The molecule has 1 aromatic heterocycles. The van der Waals surface area contributed by atoms with Gasteiger partial charge in [0.25, 0.3) is 5.91 Å². The second kappa shape index (κ2) is 4.02. The molecule has 0 amide bonds. The fourth-order valence-electron chi connectivity index (χ4n) is 1.38. The molecule has 0 saturated carbocycles. The molecule has 0 saturated heterocycles. The van der Waals surface area contributed by atoms with Crippen molar-refractivity contribution in [3.8, 4) is 0 Å². The van der Waals surface area contributed by atoms with E-state index in [1.54, 1.807) is 24.3 Å². The van der Waals surface area contributed by atoms with Crippen molar-refractivity contribution in [2.75, 3.05) is 0 Å². The summed E-state index contributed by atoms with van der Waals surface area (Å²) in [7, 11) is 0. The number of hydrogen-bond donors (Lipinski definition) is 1. The molecule has 0 aliphatic rings. The minimum absolute atomic E-state index is 0.101. The van der Waals surface area contributed by atoms with Crippen LogP contribution >= 0.6 is 0 Å². The van der Waals surface area contributed by atoms with Crippen molar-refractivity contribution in [1.29, 1.82) is 0 Å². The standard InChI is InChI=1S/C12H9NO3/c14-11(9-4-2-1-3-5-9)13-7-6-10(8-13)12(15)16/h1-8H,(H,15,16). The van der Waals surface area contributed by atoms with Gasteiger partial charge in [0.1, 0.15) is 0 Å². The highest BCUT2D eigenvalue weighted by molar-refractivity contribution is 5.97. The number of benzene rings is 1. The Morgan fingerprint density at radius 2 is 1.69 bits per heavy atom. The Bertz CT molecular complexity index is 528. The lowest BCUT2D eigenvalue weighted by molar-refractivity contribution is 0.0697. The number of aromatic carboxylic acids is 1. The first-order valence-electron chi connectivity index (χ1n) is 4.69. The number of aromatic nitrogens is 1. The number of carboxylic acid groups (broad SMARTS) is 1. The predicted molar refractivity (Wildman–Crippen MR) is 57.6 cm³/mol. The Labute approximate surface area is 91.8 Å². The number of nitrogens with zero attached hydrogens (tertiary/aromatic N) is 1. The Morgan fingerprint density at radius 3 is 2.25 bits per heavy atom. The van der Waals surface area contributed by atoms with Crippen molar-refractivity contribution < 1.29 is 14.7 Å². The van der Waals surface area contributed by atoms with Crippen LogP contribution in [-0.2, 0) is 0 Å². The maximum absolute atomic E-state index is 11.9. The summed E-state index contributed by atoms with van der Waals surface area (Å²) in [5, 5.41) is 8.73. The topological polar surface area (TPSA) is 59.3 Å². The van der Waals surface area contributed by atoms with Crippen molar-refractivity contribution >= 4 is 11.9 Å². The summed E-state index contributed by atoms with van der Waals surface area (Å²) < 4.78 is 1.26. The van der Waals surface area contributed by atoms with Crippen molar-refractivity contribution in [2.24, 2.45) is 0 Å². The summed E-state index contributed by atoms with van der Waals surface area (Å²) in [4.78, 5) is 22.5. The van der Waals surface area contributed by atoms with Gasteiger partial charge >= 0.3 is 5.97 Å². The van der Waals surface area contributed by atoms with Gasteiger partial charge in [-0.15, -0.1) is 0 Å². The van der Waals surface area contributed by atoms with Crippen LogP contribution in [0.1, 0.15) is 20.7 Å². The summed E-state index contributed by atoms with van der Waals surface area (Å²) in [6.07, 6.45) is 2.75. The first-order valence-corrected chi connectivity index (χ1v) is 4.69. The molecule has 4 heteroatoms. The van der Waals surface area contributed by atoms with E-state index in [1.807, 2.05) is 6.07 Å². The molecule has 0 spiro atoms. The minimum atomic E-state index is -1.04. The molecule has 4 nitrogen and oxygen atoms in total. The van der Waals surface area contributed by atoms with Gasteiger partial charge < -0.3 is 5.11 Å². The van der Waals surface area contributed by atoms with Gasteiger partial charge in [-0.1, -0.05) is 18.2 Å². The van der Waals surface area contributed by atoms with Gasteiger partial charge in [-0.25, -0.2) is 4.79 Å². The van der Waals surface area contributed by atoms with E-state index >= 15 is 0 Å². The van der Waals surface area contributed by atoms with E-state index in [-0.39, 0.29) is 11.5 Å². The fourth-order valence-corrected chi connectivity index (χ4v) is 1.38. The SMILES string of the molecule is O=C(O)c1ccn(C(=O)c2ccccc2)c1. The quantitative estimate of drug-likeness (QED) is 0.831. The van der Waals surface area contributed by atoms with E-state index in [1.165, 1.54) is 23.0 Å². The normalized spacial score (nSPS) is 10.0. The summed E-state index contributed by atoms with van der Waals surface area (Å²) in [6, 6.07) is 10.1. The molecule has 0 unspecified atom stereocenters. The molecule has 0 fully saturated rings. The zero-order chi connectivity index (χ0) is 11.5. The molecule has 2 aromatic rings. The highest BCUT2D eigenvalue weighted by atomic mass is 16.4. The van der Waals surface area contributed by atoms with Gasteiger partial charge in [0.2, 0.25) is 0 Å². The lowest BCUT2D eigenvalue weighted by Crippen LogP contribution is -2.09. The van der Waals surface area contributed by atoms with Crippen LogP contribution in [0.25, 0.3) is 0 Å². The second-order valence-electron chi connectivity index (χ2n) is 3.28. The van der Waals surface area contributed by atoms with Crippen LogP contribution in [0.2, 0.25) is 0 Å². The Balaban J connectivity index is 2.31. The van der Waals surface area contributed by atoms with Crippen LogP contribution in [0.4, 0.5) is 0 Å². The lowest BCUT2D eigenvalue weighted by Gasteiger charge is -2.00. The average Bonchev–Trinajstić information content (AvgIpc) is 2.78. The Morgan fingerprint density at radius 1 is 1.00 bits per heavy atom. The van der Waals surface area contributed by atoms with Crippen LogP contribution in [0.3, 0.4) is 0 Å². The number of hydrogen-bond acceptors (Lipinski definition) is 2. The second-order valence-corrected chi connectivity index (χ2v) is 3.28. The summed E-state index contributed by atoms with van der Waals surface area (Å²) in [6.45, 7) is 0. The average molecular weight is 215 g/mol. The lowest BCUT2D eigenvalue weighted by atomic mass is 10.2. The zero-order valence-corrected chi connectivity index (χ0v) is 8.33. The van der Waals surface area contributed by atoms with Gasteiger partial charge in [0.05, 0.1) is 5.56 Å². The van der Waals surface area contributed by atoms with Crippen LogP contribution < -0.4 is 0 Å². The third-order valence-electron chi connectivity index (χ3n) is 2.20. The molecule has 0 atom stereocenters. The van der Waals surface area contributed by atoms with E-state index in [0.717, 1.165) is 0 Å². The minimum Gasteiger partial charge on any atom is -0.478 e. The fraction of sp³-hybridized carbons (Fsp3) is 0. The molecule has 0 aliphatic carbocycles. The third kappa shape index (κ3) is 1.86. The maximum Gasteiger partial charge on any atom is 0.337 e. The third-order valence-corrected chi connectivity index (χ3v) is 2.20.